The Morgan fingerprint density at radius 2 is 1.95 bits per heavy atom. The van der Waals surface area contributed by atoms with Crippen LogP contribution >= 0.6 is 11.6 Å². The molecule has 1 aliphatic rings. The van der Waals surface area contributed by atoms with Gasteiger partial charge in [-0.2, -0.15) is 0 Å². The molecule has 0 saturated carbocycles. The fourth-order valence-electron chi connectivity index (χ4n) is 1.98. The standard InChI is InChI=1S/C13H22ClN3O2/c1-2-6-15-12(18)11-16-7-9-17(10-8-16)13(19)4-3-5-14/h2H,1,3-11H2,(H,15,18). The van der Waals surface area contributed by atoms with Crippen LogP contribution in [0.25, 0.3) is 0 Å². The Kier molecular flexibility index (Phi) is 7.52. The third-order valence-electron chi connectivity index (χ3n) is 3.06. The van der Waals surface area contributed by atoms with E-state index in [-0.39, 0.29) is 11.8 Å². The second kappa shape index (κ2) is 8.93. The van der Waals surface area contributed by atoms with Crippen molar-refractivity contribution in [3.05, 3.63) is 12.7 Å². The highest BCUT2D eigenvalue weighted by Gasteiger charge is 2.21. The summed E-state index contributed by atoms with van der Waals surface area (Å²) in [7, 11) is 0. The van der Waals surface area contributed by atoms with Crippen molar-refractivity contribution >= 4 is 23.4 Å². The quantitative estimate of drug-likeness (QED) is 0.546. The maximum Gasteiger partial charge on any atom is 0.234 e. The SMILES string of the molecule is C=CCNC(=O)CN1CCN(C(=O)CCCCl)CC1. The minimum Gasteiger partial charge on any atom is -0.352 e. The largest absolute Gasteiger partial charge is 0.352 e. The molecule has 6 heteroatoms. The van der Waals surface area contributed by atoms with E-state index in [2.05, 4.69) is 16.8 Å². The van der Waals surface area contributed by atoms with Crippen molar-refractivity contribution in [2.75, 3.05) is 45.1 Å². The van der Waals surface area contributed by atoms with E-state index in [1.165, 1.54) is 0 Å². The van der Waals surface area contributed by atoms with Crippen LogP contribution < -0.4 is 5.32 Å². The van der Waals surface area contributed by atoms with Crippen LogP contribution in [0.2, 0.25) is 0 Å². The van der Waals surface area contributed by atoms with E-state index in [1.54, 1.807) is 6.08 Å². The lowest BCUT2D eigenvalue weighted by molar-refractivity contribution is -0.133. The Hall–Kier alpha value is -1.07. The Morgan fingerprint density at radius 1 is 1.26 bits per heavy atom. The first-order valence-electron chi connectivity index (χ1n) is 6.61. The van der Waals surface area contributed by atoms with Crippen LogP contribution in [0, 0.1) is 0 Å². The zero-order valence-corrected chi connectivity index (χ0v) is 12.0. The van der Waals surface area contributed by atoms with E-state index in [4.69, 9.17) is 11.6 Å². The Bertz CT molecular complexity index is 315. The van der Waals surface area contributed by atoms with Gasteiger partial charge in [0.15, 0.2) is 0 Å². The highest BCUT2D eigenvalue weighted by atomic mass is 35.5. The molecule has 0 radical (unpaired) electrons. The van der Waals surface area contributed by atoms with Crippen LogP contribution in [-0.4, -0.2) is 66.8 Å². The summed E-state index contributed by atoms with van der Waals surface area (Å²) in [5.41, 5.74) is 0. The van der Waals surface area contributed by atoms with E-state index in [1.807, 2.05) is 4.90 Å². The first-order chi connectivity index (χ1) is 9.17. The summed E-state index contributed by atoms with van der Waals surface area (Å²) in [5.74, 6) is 0.688. The van der Waals surface area contributed by atoms with Crippen molar-refractivity contribution in [3.8, 4) is 0 Å². The molecule has 1 fully saturated rings. The van der Waals surface area contributed by atoms with Crippen molar-refractivity contribution < 1.29 is 9.59 Å². The van der Waals surface area contributed by atoms with Crippen LogP contribution in [0.5, 0.6) is 0 Å². The van der Waals surface area contributed by atoms with Crippen LogP contribution in [0.15, 0.2) is 12.7 Å². The Morgan fingerprint density at radius 3 is 2.53 bits per heavy atom. The Labute approximate surface area is 119 Å². The van der Waals surface area contributed by atoms with E-state index >= 15 is 0 Å². The number of nitrogens with zero attached hydrogens (tertiary/aromatic N) is 2. The summed E-state index contributed by atoms with van der Waals surface area (Å²) < 4.78 is 0. The summed E-state index contributed by atoms with van der Waals surface area (Å²) >= 11 is 5.58. The number of amides is 2. The topological polar surface area (TPSA) is 52.7 Å². The highest BCUT2D eigenvalue weighted by molar-refractivity contribution is 6.17. The molecule has 0 aliphatic carbocycles. The first kappa shape index (κ1) is 16.0. The molecule has 1 heterocycles. The second-order valence-corrected chi connectivity index (χ2v) is 4.92. The molecule has 0 spiro atoms. The maximum absolute atomic E-state index is 11.8. The van der Waals surface area contributed by atoms with Gasteiger partial charge in [-0.05, 0) is 6.42 Å². The number of rotatable bonds is 7. The molecule has 0 bridgehead atoms. The minimum atomic E-state index is 0.00168. The molecule has 108 valence electrons. The number of piperazine rings is 1. The summed E-state index contributed by atoms with van der Waals surface area (Å²) in [6, 6.07) is 0. The molecule has 1 N–H and O–H groups in total. The molecule has 0 atom stereocenters. The van der Waals surface area contributed by atoms with Gasteiger partial charge in [-0.3, -0.25) is 14.5 Å². The molecule has 0 aromatic heterocycles. The molecule has 0 unspecified atom stereocenters. The van der Waals surface area contributed by atoms with Gasteiger partial charge in [-0.15, -0.1) is 18.2 Å². The predicted octanol–water partition coefficient (Wildman–Crippen LogP) is 0.452. The number of carbonyl (C=O) groups excluding carboxylic acids is 2. The molecule has 19 heavy (non-hydrogen) atoms. The maximum atomic E-state index is 11.8. The van der Waals surface area contributed by atoms with Gasteiger partial charge in [0.1, 0.15) is 0 Å². The molecule has 1 saturated heterocycles. The molecule has 1 rings (SSSR count). The summed E-state index contributed by atoms with van der Waals surface area (Å²) in [5, 5.41) is 2.75. The van der Waals surface area contributed by atoms with Crippen LogP contribution in [-0.2, 0) is 9.59 Å². The fraction of sp³-hybridized carbons (Fsp3) is 0.692. The monoisotopic (exact) mass is 287 g/mol. The number of halogens is 1. The first-order valence-corrected chi connectivity index (χ1v) is 7.14. The molecule has 0 aromatic carbocycles. The molecular formula is C13H22ClN3O2. The van der Waals surface area contributed by atoms with E-state index in [9.17, 15) is 9.59 Å². The second-order valence-electron chi connectivity index (χ2n) is 4.54. The highest BCUT2D eigenvalue weighted by Crippen LogP contribution is 2.05. The van der Waals surface area contributed by atoms with Gasteiger partial charge in [-0.25, -0.2) is 0 Å². The number of alkyl halides is 1. The average molecular weight is 288 g/mol. The van der Waals surface area contributed by atoms with Gasteiger partial charge in [0, 0.05) is 45.0 Å². The zero-order valence-electron chi connectivity index (χ0n) is 11.2. The Balaban J connectivity index is 2.23. The average Bonchev–Trinajstić information content (AvgIpc) is 2.43. The molecular weight excluding hydrogens is 266 g/mol. The third kappa shape index (κ3) is 6.07. The van der Waals surface area contributed by atoms with Crippen LogP contribution in [0.3, 0.4) is 0 Å². The summed E-state index contributed by atoms with van der Waals surface area (Å²) in [4.78, 5) is 27.2. The van der Waals surface area contributed by atoms with Crippen molar-refractivity contribution in [1.82, 2.24) is 15.1 Å². The van der Waals surface area contributed by atoms with Gasteiger partial charge < -0.3 is 10.2 Å². The summed E-state index contributed by atoms with van der Waals surface area (Å²) in [6.45, 7) is 7.30. The molecule has 1 aliphatic heterocycles. The van der Waals surface area contributed by atoms with Crippen LogP contribution in [0.1, 0.15) is 12.8 Å². The molecule has 2 amide bonds. The summed E-state index contributed by atoms with van der Waals surface area (Å²) in [6.07, 6.45) is 2.90. The van der Waals surface area contributed by atoms with E-state index < -0.39 is 0 Å². The molecule has 5 nitrogen and oxygen atoms in total. The lowest BCUT2D eigenvalue weighted by Gasteiger charge is -2.34. The number of hydrogen-bond acceptors (Lipinski definition) is 3. The van der Waals surface area contributed by atoms with Gasteiger partial charge in [0.25, 0.3) is 0 Å². The number of hydrogen-bond donors (Lipinski definition) is 1. The van der Waals surface area contributed by atoms with Crippen molar-refractivity contribution in [2.45, 2.75) is 12.8 Å². The minimum absolute atomic E-state index is 0.00168. The smallest absolute Gasteiger partial charge is 0.234 e. The van der Waals surface area contributed by atoms with E-state index in [0.717, 1.165) is 19.5 Å². The van der Waals surface area contributed by atoms with Gasteiger partial charge in [0.05, 0.1) is 6.54 Å². The van der Waals surface area contributed by atoms with Crippen molar-refractivity contribution in [1.29, 1.82) is 0 Å². The predicted molar refractivity (Wildman–Crippen MR) is 76.2 cm³/mol. The zero-order chi connectivity index (χ0) is 14.1. The lowest BCUT2D eigenvalue weighted by Crippen LogP contribution is -2.51. The van der Waals surface area contributed by atoms with Crippen LogP contribution in [0.4, 0.5) is 0 Å². The van der Waals surface area contributed by atoms with Gasteiger partial charge >= 0.3 is 0 Å². The van der Waals surface area contributed by atoms with E-state index in [0.29, 0.717) is 38.5 Å². The third-order valence-corrected chi connectivity index (χ3v) is 3.33. The number of carbonyl (C=O) groups is 2. The molecule has 0 aromatic rings. The van der Waals surface area contributed by atoms with Gasteiger partial charge in [0.2, 0.25) is 11.8 Å². The normalized spacial score (nSPS) is 16.2. The fourth-order valence-corrected chi connectivity index (χ4v) is 2.11. The number of nitrogens with one attached hydrogen (secondary N) is 1. The van der Waals surface area contributed by atoms with Crippen molar-refractivity contribution in [3.63, 3.8) is 0 Å². The van der Waals surface area contributed by atoms with Gasteiger partial charge in [-0.1, -0.05) is 6.08 Å². The van der Waals surface area contributed by atoms with Crippen molar-refractivity contribution in [2.24, 2.45) is 0 Å². The lowest BCUT2D eigenvalue weighted by atomic mass is 10.2.